The molecule has 1 aromatic rings. The van der Waals surface area contributed by atoms with Gasteiger partial charge in [0.1, 0.15) is 11.6 Å². The van der Waals surface area contributed by atoms with Crippen molar-refractivity contribution in [2.75, 3.05) is 26.7 Å². The van der Waals surface area contributed by atoms with E-state index < -0.39 is 17.4 Å². The maximum absolute atomic E-state index is 13.4. The highest BCUT2D eigenvalue weighted by Gasteiger charge is 2.14. The summed E-state index contributed by atoms with van der Waals surface area (Å²) in [6.07, 6.45) is 2.47. The van der Waals surface area contributed by atoms with Gasteiger partial charge < -0.3 is 5.11 Å². The van der Waals surface area contributed by atoms with Crippen LogP contribution in [0.15, 0.2) is 18.2 Å². The van der Waals surface area contributed by atoms with E-state index in [-0.39, 0.29) is 18.7 Å². The molecule has 1 N–H and O–H groups in total. The van der Waals surface area contributed by atoms with E-state index in [0.717, 1.165) is 37.5 Å². The van der Waals surface area contributed by atoms with Crippen LogP contribution in [0.5, 0.6) is 0 Å². The van der Waals surface area contributed by atoms with Gasteiger partial charge in [-0.2, -0.15) is 0 Å². The van der Waals surface area contributed by atoms with E-state index in [2.05, 4.69) is 0 Å². The number of hydrogen-bond acceptors (Lipinski definition) is 3. The van der Waals surface area contributed by atoms with E-state index in [9.17, 15) is 13.6 Å². The molecule has 0 aliphatic carbocycles. The average molecular weight is 271 g/mol. The first-order chi connectivity index (χ1) is 9.04. The quantitative estimate of drug-likeness (QED) is 0.582. The van der Waals surface area contributed by atoms with Gasteiger partial charge in [0.2, 0.25) is 0 Å². The average Bonchev–Trinajstić information content (AvgIpc) is 2.37. The lowest BCUT2D eigenvalue weighted by molar-refractivity contribution is 0.0940. The Kier molecular flexibility index (Phi) is 6.59. The molecule has 0 aliphatic heterocycles. The molecule has 0 saturated heterocycles. The summed E-state index contributed by atoms with van der Waals surface area (Å²) in [5, 5.41) is 8.64. The first kappa shape index (κ1) is 15.7. The fourth-order valence-electron chi connectivity index (χ4n) is 1.79. The van der Waals surface area contributed by atoms with Crippen molar-refractivity contribution in [2.24, 2.45) is 0 Å². The number of carbonyl (C=O) groups excluding carboxylic acids is 1. The van der Waals surface area contributed by atoms with Gasteiger partial charge in [-0.15, -0.1) is 0 Å². The van der Waals surface area contributed by atoms with Crippen molar-refractivity contribution in [2.45, 2.75) is 19.3 Å². The van der Waals surface area contributed by atoms with Gasteiger partial charge in [-0.3, -0.25) is 9.69 Å². The van der Waals surface area contributed by atoms with E-state index >= 15 is 0 Å². The zero-order chi connectivity index (χ0) is 14.3. The number of aliphatic hydroxyl groups is 1. The predicted octanol–water partition coefficient (Wildman–Crippen LogP) is 2.24. The number of likely N-dealkylation sites (N-methyl/N-ethyl adjacent to an activating group) is 1. The Morgan fingerprint density at radius 2 is 2.00 bits per heavy atom. The molecule has 0 unspecified atom stereocenters. The highest BCUT2D eigenvalue weighted by molar-refractivity contribution is 5.97. The Morgan fingerprint density at radius 1 is 1.26 bits per heavy atom. The number of carbonyl (C=O) groups is 1. The Balaban J connectivity index is 2.47. The van der Waals surface area contributed by atoms with Crippen molar-refractivity contribution >= 4 is 5.78 Å². The van der Waals surface area contributed by atoms with Crippen molar-refractivity contribution in [3.63, 3.8) is 0 Å². The topological polar surface area (TPSA) is 40.5 Å². The van der Waals surface area contributed by atoms with Crippen molar-refractivity contribution in [3.8, 4) is 0 Å². The number of unbranched alkanes of at least 4 members (excludes halogenated alkanes) is 2. The maximum atomic E-state index is 13.4. The summed E-state index contributed by atoms with van der Waals surface area (Å²) in [4.78, 5) is 13.6. The van der Waals surface area contributed by atoms with Crippen molar-refractivity contribution in [1.29, 1.82) is 0 Å². The Bertz CT molecular complexity index is 424. The number of nitrogens with zero attached hydrogens (tertiary/aromatic N) is 1. The summed E-state index contributed by atoms with van der Waals surface area (Å²) in [6.45, 7) is 0.902. The van der Waals surface area contributed by atoms with Crippen LogP contribution in [0.4, 0.5) is 8.78 Å². The summed E-state index contributed by atoms with van der Waals surface area (Å²) in [5.74, 6) is -1.74. The largest absolute Gasteiger partial charge is 0.396 e. The van der Waals surface area contributed by atoms with Crippen LogP contribution < -0.4 is 0 Å². The molecular weight excluding hydrogens is 252 g/mol. The number of ketones is 1. The summed E-state index contributed by atoms with van der Waals surface area (Å²) in [5.41, 5.74) is -0.206. The fraction of sp³-hybridized carbons (Fsp3) is 0.500. The highest BCUT2D eigenvalue weighted by Crippen LogP contribution is 2.11. The lowest BCUT2D eigenvalue weighted by Crippen LogP contribution is -2.27. The second-order valence-electron chi connectivity index (χ2n) is 4.57. The van der Waals surface area contributed by atoms with Gasteiger partial charge in [0.25, 0.3) is 0 Å². The number of aliphatic hydroxyl groups excluding tert-OH is 1. The van der Waals surface area contributed by atoms with Gasteiger partial charge in [0, 0.05) is 6.61 Å². The second-order valence-corrected chi connectivity index (χ2v) is 4.57. The third-order valence-corrected chi connectivity index (χ3v) is 2.84. The minimum Gasteiger partial charge on any atom is -0.396 e. The first-order valence-electron chi connectivity index (χ1n) is 6.32. The lowest BCUT2D eigenvalue weighted by Gasteiger charge is -2.15. The molecule has 19 heavy (non-hydrogen) atoms. The molecule has 0 aliphatic rings. The molecule has 5 heteroatoms. The van der Waals surface area contributed by atoms with E-state index in [0.29, 0.717) is 6.54 Å². The number of halogens is 2. The molecule has 0 atom stereocenters. The lowest BCUT2D eigenvalue weighted by atomic mass is 10.1. The zero-order valence-corrected chi connectivity index (χ0v) is 11.0. The van der Waals surface area contributed by atoms with Crippen LogP contribution >= 0.6 is 0 Å². The van der Waals surface area contributed by atoms with Crippen LogP contribution in [0.3, 0.4) is 0 Å². The SMILES string of the molecule is CN(CCCCCO)CC(=O)c1cc(F)ccc1F. The number of rotatable bonds is 8. The van der Waals surface area contributed by atoms with Crippen LogP contribution in [0, 0.1) is 11.6 Å². The van der Waals surface area contributed by atoms with Crippen molar-refractivity contribution in [3.05, 3.63) is 35.4 Å². The Hall–Kier alpha value is -1.33. The van der Waals surface area contributed by atoms with Crippen LogP contribution in [0.25, 0.3) is 0 Å². The van der Waals surface area contributed by atoms with E-state index in [4.69, 9.17) is 5.11 Å². The number of Topliss-reactive ketones (excluding diaryl/α,β-unsaturated/α-hetero) is 1. The van der Waals surface area contributed by atoms with Gasteiger partial charge in [0.05, 0.1) is 12.1 Å². The molecular formula is C14H19F2NO2. The van der Waals surface area contributed by atoms with E-state index in [1.165, 1.54) is 0 Å². The normalized spacial score (nSPS) is 11.0. The van der Waals surface area contributed by atoms with Crippen LogP contribution in [0.1, 0.15) is 29.6 Å². The van der Waals surface area contributed by atoms with Gasteiger partial charge in [-0.1, -0.05) is 0 Å². The molecule has 0 fully saturated rings. The van der Waals surface area contributed by atoms with Crippen LogP contribution in [0.2, 0.25) is 0 Å². The molecule has 1 rings (SSSR count). The molecule has 0 spiro atoms. The summed E-state index contributed by atoms with van der Waals surface area (Å²) in [6, 6.07) is 2.88. The maximum Gasteiger partial charge on any atom is 0.179 e. The number of hydrogen-bond donors (Lipinski definition) is 1. The smallest absolute Gasteiger partial charge is 0.179 e. The zero-order valence-electron chi connectivity index (χ0n) is 11.0. The summed E-state index contributed by atoms with van der Waals surface area (Å²) in [7, 11) is 1.76. The molecule has 0 heterocycles. The van der Waals surface area contributed by atoms with Gasteiger partial charge in [0.15, 0.2) is 5.78 Å². The highest BCUT2D eigenvalue weighted by atomic mass is 19.1. The molecule has 106 valence electrons. The third kappa shape index (κ3) is 5.44. The summed E-state index contributed by atoms with van der Waals surface area (Å²) < 4.78 is 26.4. The van der Waals surface area contributed by atoms with E-state index in [1.807, 2.05) is 0 Å². The number of benzene rings is 1. The standard InChI is InChI=1S/C14H19F2NO2/c1-17(7-3-2-4-8-18)10-14(19)12-9-11(15)5-6-13(12)16/h5-6,9,18H,2-4,7-8,10H2,1H3. The molecule has 0 aromatic heterocycles. The fourth-order valence-corrected chi connectivity index (χ4v) is 1.79. The monoisotopic (exact) mass is 271 g/mol. The molecule has 0 radical (unpaired) electrons. The molecule has 1 aromatic carbocycles. The third-order valence-electron chi connectivity index (χ3n) is 2.84. The van der Waals surface area contributed by atoms with Crippen LogP contribution in [-0.4, -0.2) is 42.5 Å². The minimum atomic E-state index is -0.694. The first-order valence-corrected chi connectivity index (χ1v) is 6.32. The van der Waals surface area contributed by atoms with Gasteiger partial charge >= 0.3 is 0 Å². The Morgan fingerprint density at radius 3 is 2.68 bits per heavy atom. The second kappa shape index (κ2) is 7.96. The van der Waals surface area contributed by atoms with E-state index in [1.54, 1.807) is 11.9 Å². The summed E-state index contributed by atoms with van der Waals surface area (Å²) >= 11 is 0. The van der Waals surface area contributed by atoms with Gasteiger partial charge in [-0.05, 0) is 51.1 Å². The Labute approximate surface area is 111 Å². The molecule has 0 bridgehead atoms. The molecule has 0 amide bonds. The van der Waals surface area contributed by atoms with Crippen molar-refractivity contribution < 1.29 is 18.7 Å². The van der Waals surface area contributed by atoms with Crippen LogP contribution in [-0.2, 0) is 0 Å². The minimum absolute atomic E-state index is 0.0551. The predicted molar refractivity (Wildman–Crippen MR) is 69.1 cm³/mol. The van der Waals surface area contributed by atoms with Gasteiger partial charge in [-0.25, -0.2) is 8.78 Å². The van der Waals surface area contributed by atoms with Crippen molar-refractivity contribution in [1.82, 2.24) is 4.90 Å². The molecule has 0 saturated carbocycles. The molecule has 3 nitrogen and oxygen atoms in total.